The fraction of sp³-hybridized carbons (Fsp3) is 0.133. The number of ether oxygens (including phenoxy) is 1. The molecule has 0 aliphatic rings. The van der Waals surface area contributed by atoms with Crippen molar-refractivity contribution in [2.75, 3.05) is 5.73 Å². The van der Waals surface area contributed by atoms with Gasteiger partial charge in [-0.1, -0.05) is 0 Å². The molecular weight excluding hydrogens is 320 g/mol. The quantitative estimate of drug-likeness (QED) is 0.842. The molecule has 104 valence electrons. The molecule has 4 N–H and O–H groups in total. The molecule has 2 aromatic carbocycles. The second-order valence-electron chi connectivity index (χ2n) is 4.60. The van der Waals surface area contributed by atoms with Crippen molar-refractivity contribution in [2.45, 2.75) is 13.8 Å². The van der Waals surface area contributed by atoms with Gasteiger partial charge in [0.2, 0.25) is 5.91 Å². The normalized spacial score (nSPS) is 10.3. The maximum Gasteiger partial charge on any atom is 0.248 e. The van der Waals surface area contributed by atoms with Crippen LogP contribution < -0.4 is 16.2 Å². The van der Waals surface area contributed by atoms with Gasteiger partial charge in [-0.15, -0.1) is 0 Å². The first-order chi connectivity index (χ1) is 9.38. The minimum Gasteiger partial charge on any atom is -0.456 e. The number of benzene rings is 2. The lowest BCUT2D eigenvalue weighted by Gasteiger charge is -2.14. The highest BCUT2D eigenvalue weighted by Crippen LogP contribution is 2.34. The van der Waals surface area contributed by atoms with Crippen LogP contribution in [0, 0.1) is 13.8 Å². The summed E-state index contributed by atoms with van der Waals surface area (Å²) in [7, 11) is 0. The lowest BCUT2D eigenvalue weighted by Crippen LogP contribution is -2.11. The van der Waals surface area contributed by atoms with E-state index in [1.54, 1.807) is 30.3 Å². The Labute approximate surface area is 125 Å². The molecule has 4 nitrogen and oxygen atoms in total. The molecule has 0 aliphatic heterocycles. The van der Waals surface area contributed by atoms with E-state index < -0.39 is 5.91 Å². The van der Waals surface area contributed by atoms with Crippen LogP contribution in [-0.4, -0.2) is 5.91 Å². The van der Waals surface area contributed by atoms with E-state index in [0.717, 1.165) is 15.6 Å². The highest BCUT2D eigenvalue weighted by molar-refractivity contribution is 9.10. The molecule has 2 aromatic rings. The third-order valence-electron chi connectivity index (χ3n) is 2.91. The Morgan fingerprint density at radius 2 is 1.75 bits per heavy atom. The molecule has 0 saturated carbocycles. The van der Waals surface area contributed by atoms with Gasteiger partial charge in [-0.3, -0.25) is 4.79 Å². The van der Waals surface area contributed by atoms with Crippen molar-refractivity contribution in [3.63, 3.8) is 0 Å². The third kappa shape index (κ3) is 2.93. The van der Waals surface area contributed by atoms with Gasteiger partial charge in [0.05, 0.1) is 4.47 Å². The van der Waals surface area contributed by atoms with Crippen molar-refractivity contribution in [2.24, 2.45) is 5.73 Å². The number of primary amides is 1. The molecule has 5 heteroatoms. The number of hydrogen-bond acceptors (Lipinski definition) is 3. The van der Waals surface area contributed by atoms with Crippen molar-refractivity contribution in [3.8, 4) is 11.5 Å². The van der Waals surface area contributed by atoms with Crippen LogP contribution >= 0.6 is 15.9 Å². The molecule has 0 aromatic heterocycles. The summed E-state index contributed by atoms with van der Waals surface area (Å²) in [6, 6.07) is 8.77. The van der Waals surface area contributed by atoms with Gasteiger partial charge in [-0.05, 0) is 71.2 Å². The number of amides is 1. The van der Waals surface area contributed by atoms with Gasteiger partial charge >= 0.3 is 0 Å². The van der Waals surface area contributed by atoms with Crippen molar-refractivity contribution in [3.05, 3.63) is 51.5 Å². The Kier molecular flexibility index (Phi) is 3.99. The monoisotopic (exact) mass is 334 g/mol. The second-order valence-corrected chi connectivity index (χ2v) is 5.45. The van der Waals surface area contributed by atoms with Crippen LogP contribution in [0.25, 0.3) is 0 Å². The Balaban J connectivity index is 2.41. The van der Waals surface area contributed by atoms with Gasteiger partial charge in [-0.25, -0.2) is 0 Å². The average molecular weight is 335 g/mol. The van der Waals surface area contributed by atoms with E-state index in [4.69, 9.17) is 16.2 Å². The zero-order valence-corrected chi connectivity index (χ0v) is 12.8. The number of nitrogens with two attached hydrogens (primary N) is 2. The van der Waals surface area contributed by atoms with Crippen molar-refractivity contribution in [1.82, 2.24) is 0 Å². The summed E-state index contributed by atoms with van der Waals surface area (Å²) in [5.41, 5.74) is 13.8. The maximum absolute atomic E-state index is 11.2. The molecule has 1 amide bonds. The van der Waals surface area contributed by atoms with E-state index in [9.17, 15) is 4.79 Å². The zero-order valence-electron chi connectivity index (χ0n) is 11.2. The largest absolute Gasteiger partial charge is 0.456 e. The van der Waals surface area contributed by atoms with E-state index in [2.05, 4.69) is 15.9 Å². The molecule has 0 atom stereocenters. The van der Waals surface area contributed by atoms with Gasteiger partial charge in [0.15, 0.2) is 0 Å². The predicted octanol–water partition coefficient (Wildman–Crippen LogP) is 3.54. The number of carbonyl (C=O) groups is 1. The smallest absolute Gasteiger partial charge is 0.248 e. The Hall–Kier alpha value is -2.01. The second kappa shape index (κ2) is 5.54. The first kappa shape index (κ1) is 14.4. The first-order valence-electron chi connectivity index (χ1n) is 6.02. The van der Waals surface area contributed by atoms with Crippen molar-refractivity contribution in [1.29, 1.82) is 0 Å². The topological polar surface area (TPSA) is 78.3 Å². The molecule has 2 rings (SSSR count). The van der Waals surface area contributed by atoms with E-state index in [1.165, 1.54) is 0 Å². The summed E-state index contributed by atoms with van der Waals surface area (Å²) in [5.74, 6) is 0.925. The van der Waals surface area contributed by atoms with Gasteiger partial charge in [-0.2, -0.15) is 0 Å². The van der Waals surface area contributed by atoms with Gasteiger partial charge < -0.3 is 16.2 Å². The summed E-state index contributed by atoms with van der Waals surface area (Å²) < 4.78 is 6.68. The number of rotatable bonds is 3. The van der Waals surface area contributed by atoms with Gasteiger partial charge in [0.25, 0.3) is 0 Å². The van der Waals surface area contributed by atoms with Crippen LogP contribution in [0.3, 0.4) is 0 Å². The van der Waals surface area contributed by atoms with Crippen LogP contribution in [0.5, 0.6) is 11.5 Å². The summed E-state index contributed by atoms with van der Waals surface area (Å²) in [6.07, 6.45) is 0. The summed E-state index contributed by atoms with van der Waals surface area (Å²) in [5, 5.41) is 0. The molecule has 0 radical (unpaired) electrons. The SMILES string of the molecule is Cc1cc(C(N)=O)cc(C)c1Oc1ccc(N)cc1Br. The minimum atomic E-state index is -0.448. The number of nitrogen functional groups attached to an aromatic ring is 1. The van der Waals surface area contributed by atoms with E-state index in [1.807, 2.05) is 13.8 Å². The molecule has 20 heavy (non-hydrogen) atoms. The highest BCUT2D eigenvalue weighted by Gasteiger charge is 2.12. The Morgan fingerprint density at radius 1 is 1.15 bits per heavy atom. The van der Waals surface area contributed by atoms with Crippen LogP contribution in [-0.2, 0) is 0 Å². The molecule has 0 spiro atoms. The number of hydrogen-bond donors (Lipinski definition) is 2. The molecule has 0 bridgehead atoms. The highest BCUT2D eigenvalue weighted by atomic mass is 79.9. The number of anilines is 1. The van der Waals surface area contributed by atoms with Gasteiger partial charge in [0, 0.05) is 11.3 Å². The Morgan fingerprint density at radius 3 is 2.25 bits per heavy atom. The molecule has 0 fully saturated rings. The minimum absolute atomic E-state index is 0.448. The average Bonchev–Trinajstić information content (AvgIpc) is 2.35. The van der Waals surface area contributed by atoms with E-state index in [0.29, 0.717) is 22.7 Å². The predicted molar refractivity (Wildman–Crippen MR) is 83.1 cm³/mol. The summed E-state index contributed by atoms with van der Waals surface area (Å²) in [4.78, 5) is 11.2. The molecule has 0 aliphatic carbocycles. The molecule has 0 heterocycles. The van der Waals surface area contributed by atoms with Crippen LogP contribution in [0.4, 0.5) is 5.69 Å². The van der Waals surface area contributed by atoms with E-state index in [-0.39, 0.29) is 0 Å². The first-order valence-corrected chi connectivity index (χ1v) is 6.81. The number of carbonyl (C=O) groups excluding carboxylic acids is 1. The van der Waals surface area contributed by atoms with Gasteiger partial charge in [0.1, 0.15) is 11.5 Å². The van der Waals surface area contributed by atoms with E-state index >= 15 is 0 Å². The fourth-order valence-electron chi connectivity index (χ4n) is 1.96. The van der Waals surface area contributed by atoms with Crippen LogP contribution in [0.2, 0.25) is 0 Å². The molecular formula is C15H15BrN2O2. The van der Waals surface area contributed by atoms with Crippen molar-refractivity contribution >= 4 is 27.5 Å². The summed E-state index contributed by atoms with van der Waals surface area (Å²) >= 11 is 3.41. The zero-order chi connectivity index (χ0) is 14.9. The standard InChI is InChI=1S/C15H15BrN2O2/c1-8-5-10(15(18)19)6-9(2)14(8)20-13-4-3-11(17)7-12(13)16/h3-7H,17H2,1-2H3,(H2,18,19). The summed E-state index contributed by atoms with van der Waals surface area (Å²) in [6.45, 7) is 3.75. The Bertz CT molecular complexity index is 661. The lowest BCUT2D eigenvalue weighted by atomic mass is 10.1. The molecule has 0 saturated heterocycles. The number of aryl methyl sites for hydroxylation is 2. The lowest BCUT2D eigenvalue weighted by molar-refractivity contribution is 0.1000. The van der Waals surface area contributed by atoms with Crippen molar-refractivity contribution < 1.29 is 9.53 Å². The van der Waals surface area contributed by atoms with Crippen LogP contribution in [0.1, 0.15) is 21.5 Å². The third-order valence-corrected chi connectivity index (χ3v) is 3.53. The fourth-order valence-corrected chi connectivity index (χ4v) is 2.44. The number of halogens is 1. The molecule has 0 unspecified atom stereocenters. The van der Waals surface area contributed by atoms with Crippen LogP contribution in [0.15, 0.2) is 34.8 Å². The maximum atomic E-state index is 11.2.